The van der Waals surface area contributed by atoms with Crippen LogP contribution in [0, 0.1) is 11.3 Å². The van der Waals surface area contributed by atoms with Crippen LogP contribution in [0.4, 0.5) is 0 Å². The Balaban J connectivity index is 2.41. The highest BCUT2D eigenvalue weighted by Crippen LogP contribution is 2.12. The number of nitriles is 1. The summed E-state index contributed by atoms with van der Waals surface area (Å²) >= 11 is 0. The van der Waals surface area contributed by atoms with Crippen LogP contribution in [0.5, 0.6) is 5.75 Å². The van der Waals surface area contributed by atoms with Gasteiger partial charge in [0.05, 0.1) is 19.1 Å². The zero-order chi connectivity index (χ0) is 13.2. The van der Waals surface area contributed by atoms with E-state index in [4.69, 9.17) is 10.00 Å². The number of rotatable bonds is 8. The van der Waals surface area contributed by atoms with Gasteiger partial charge in [-0.25, -0.2) is 0 Å². The van der Waals surface area contributed by atoms with E-state index < -0.39 is 0 Å². The second-order valence-corrected chi connectivity index (χ2v) is 4.34. The van der Waals surface area contributed by atoms with E-state index in [-0.39, 0.29) is 6.04 Å². The first-order valence-electron chi connectivity index (χ1n) is 6.62. The first-order valence-corrected chi connectivity index (χ1v) is 6.62. The molecule has 0 saturated heterocycles. The predicted molar refractivity (Wildman–Crippen MR) is 73.4 cm³/mol. The van der Waals surface area contributed by atoms with Crippen molar-refractivity contribution in [3.05, 3.63) is 29.8 Å². The Morgan fingerprint density at radius 2 is 2.00 bits per heavy atom. The Morgan fingerprint density at radius 1 is 1.28 bits per heavy atom. The van der Waals surface area contributed by atoms with E-state index in [1.54, 1.807) is 0 Å². The molecule has 98 valence electrons. The van der Waals surface area contributed by atoms with Crippen molar-refractivity contribution in [2.45, 2.75) is 45.7 Å². The Kier molecular flexibility index (Phi) is 6.90. The molecule has 0 bridgehead atoms. The van der Waals surface area contributed by atoms with Crippen LogP contribution in [-0.2, 0) is 6.54 Å². The third-order valence-corrected chi connectivity index (χ3v) is 2.82. The van der Waals surface area contributed by atoms with Crippen molar-refractivity contribution < 1.29 is 4.74 Å². The van der Waals surface area contributed by atoms with Gasteiger partial charge in [-0.2, -0.15) is 5.26 Å². The Bertz CT molecular complexity index is 367. The normalized spacial score (nSPS) is 11.8. The molecule has 1 rings (SSSR count). The molecule has 0 aliphatic rings. The number of benzene rings is 1. The van der Waals surface area contributed by atoms with Gasteiger partial charge in [-0.15, -0.1) is 0 Å². The van der Waals surface area contributed by atoms with Crippen molar-refractivity contribution in [2.75, 3.05) is 6.61 Å². The average Bonchev–Trinajstić information content (AvgIpc) is 2.42. The van der Waals surface area contributed by atoms with Crippen molar-refractivity contribution in [1.29, 1.82) is 5.26 Å². The number of hydrogen-bond acceptors (Lipinski definition) is 3. The van der Waals surface area contributed by atoms with Gasteiger partial charge in [0.2, 0.25) is 0 Å². The van der Waals surface area contributed by atoms with Gasteiger partial charge in [-0.05, 0) is 30.5 Å². The lowest BCUT2D eigenvalue weighted by atomic mass is 10.1. The quantitative estimate of drug-likeness (QED) is 0.765. The minimum Gasteiger partial charge on any atom is -0.494 e. The summed E-state index contributed by atoms with van der Waals surface area (Å²) in [6.07, 6.45) is 2.56. The van der Waals surface area contributed by atoms with Crippen LogP contribution in [0.2, 0.25) is 0 Å². The van der Waals surface area contributed by atoms with Crippen LogP contribution in [0.15, 0.2) is 24.3 Å². The topological polar surface area (TPSA) is 45.0 Å². The lowest BCUT2D eigenvalue weighted by molar-refractivity contribution is 0.317. The fourth-order valence-corrected chi connectivity index (χ4v) is 1.66. The van der Waals surface area contributed by atoms with E-state index in [1.165, 1.54) is 5.56 Å². The first-order chi connectivity index (χ1) is 8.80. The van der Waals surface area contributed by atoms with Crippen LogP contribution < -0.4 is 10.1 Å². The van der Waals surface area contributed by atoms with Gasteiger partial charge in [-0.1, -0.05) is 26.0 Å². The minimum atomic E-state index is 0.283. The predicted octanol–water partition coefficient (Wildman–Crippen LogP) is 3.26. The van der Waals surface area contributed by atoms with Crippen molar-refractivity contribution in [1.82, 2.24) is 5.32 Å². The van der Waals surface area contributed by atoms with Gasteiger partial charge in [-0.3, -0.25) is 0 Å². The van der Waals surface area contributed by atoms with Gasteiger partial charge < -0.3 is 10.1 Å². The molecule has 3 heteroatoms. The molecule has 1 atom stereocenters. The van der Waals surface area contributed by atoms with Crippen molar-refractivity contribution >= 4 is 0 Å². The van der Waals surface area contributed by atoms with E-state index in [2.05, 4.69) is 37.4 Å². The van der Waals surface area contributed by atoms with E-state index in [0.29, 0.717) is 6.42 Å². The highest BCUT2D eigenvalue weighted by molar-refractivity contribution is 5.27. The number of hydrogen-bond donors (Lipinski definition) is 1. The second kappa shape index (κ2) is 8.54. The summed E-state index contributed by atoms with van der Waals surface area (Å²) in [5, 5.41) is 12.1. The Morgan fingerprint density at radius 3 is 2.56 bits per heavy atom. The lowest BCUT2D eigenvalue weighted by Gasteiger charge is -2.13. The average molecular weight is 246 g/mol. The molecular weight excluding hydrogens is 224 g/mol. The summed E-state index contributed by atoms with van der Waals surface area (Å²) in [5.41, 5.74) is 1.22. The van der Waals surface area contributed by atoms with E-state index in [9.17, 15) is 0 Å². The SMILES string of the molecule is CCCOc1ccc(CNC(CC)CC#N)cc1. The smallest absolute Gasteiger partial charge is 0.119 e. The summed E-state index contributed by atoms with van der Waals surface area (Å²) in [4.78, 5) is 0. The molecular formula is C15H22N2O. The molecule has 0 heterocycles. The number of nitrogens with one attached hydrogen (secondary N) is 1. The minimum absolute atomic E-state index is 0.283. The first kappa shape index (κ1) is 14.5. The molecule has 0 aliphatic heterocycles. The Hall–Kier alpha value is -1.53. The molecule has 1 aromatic carbocycles. The van der Waals surface area contributed by atoms with Crippen molar-refractivity contribution in [2.24, 2.45) is 0 Å². The molecule has 0 saturated carbocycles. The molecule has 1 unspecified atom stereocenters. The fraction of sp³-hybridized carbons (Fsp3) is 0.533. The van der Waals surface area contributed by atoms with Gasteiger partial charge in [0.1, 0.15) is 5.75 Å². The number of ether oxygens (including phenoxy) is 1. The fourth-order valence-electron chi connectivity index (χ4n) is 1.66. The highest BCUT2D eigenvalue weighted by Gasteiger charge is 2.04. The molecule has 0 amide bonds. The van der Waals surface area contributed by atoms with Gasteiger partial charge in [0.25, 0.3) is 0 Å². The van der Waals surface area contributed by atoms with Crippen LogP contribution >= 0.6 is 0 Å². The number of nitrogens with zero attached hydrogens (tertiary/aromatic N) is 1. The van der Waals surface area contributed by atoms with Gasteiger partial charge in [0.15, 0.2) is 0 Å². The zero-order valence-electron chi connectivity index (χ0n) is 11.3. The largest absolute Gasteiger partial charge is 0.494 e. The Labute approximate surface area is 110 Å². The van der Waals surface area contributed by atoms with Crippen LogP contribution in [-0.4, -0.2) is 12.6 Å². The molecule has 3 nitrogen and oxygen atoms in total. The second-order valence-electron chi connectivity index (χ2n) is 4.34. The molecule has 0 fully saturated rings. The molecule has 0 aliphatic carbocycles. The molecule has 0 radical (unpaired) electrons. The van der Waals surface area contributed by atoms with Crippen molar-refractivity contribution in [3.63, 3.8) is 0 Å². The summed E-state index contributed by atoms with van der Waals surface area (Å²) in [5.74, 6) is 0.921. The maximum Gasteiger partial charge on any atom is 0.119 e. The van der Waals surface area contributed by atoms with Gasteiger partial charge >= 0.3 is 0 Å². The third-order valence-electron chi connectivity index (χ3n) is 2.82. The van der Waals surface area contributed by atoms with E-state index in [1.807, 2.05) is 12.1 Å². The monoisotopic (exact) mass is 246 g/mol. The molecule has 0 aromatic heterocycles. The summed E-state index contributed by atoms with van der Waals surface area (Å²) in [6.45, 7) is 5.75. The summed E-state index contributed by atoms with van der Waals surface area (Å²) in [7, 11) is 0. The van der Waals surface area contributed by atoms with Crippen LogP contribution in [0.3, 0.4) is 0 Å². The van der Waals surface area contributed by atoms with Gasteiger partial charge in [0, 0.05) is 12.6 Å². The maximum atomic E-state index is 8.68. The lowest BCUT2D eigenvalue weighted by Crippen LogP contribution is -2.27. The highest BCUT2D eigenvalue weighted by atomic mass is 16.5. The summed E-state index contributed by atoms with van der Waals surface area (Å²) < 4.78 is 5.53. The maximum absolute atomic E-state index is 8.68. The molecule has 1 N–H and O–H groups in total. The third kappa shape index (κ3) is 5.20. The summed E-state index contributed by atoms with van der Waals surface area (Å²) in [6, 6.07) is 10.6. The van der Waals surface area contributed by atoms with Crippen LogP contribution in [0.1, 0.15) is 38.7 Å². The standard InChI is InChI=1S/C15H22N2O/c1-3-11-18-15-7-5-13(6-8-15)12-17-14(4-2)9-10-16/h5-8,14,17H,3-4,9,11-12H2,1-2H3. The van der Waals surface area contributed by atoms with Crippen molar-refractivity contribution in [3.8, 4) is 11.8 Å². The molecule has 1 aromatic rings. The zero-order valence-corrected chi connectivity index (χ0v) is 11.3. The molecule has 18 heavy (non-hydrogen) atoms. The molecule has 0 spiro atoms. The van der Waals surface area contributed by atoms with Crippen LogP contribution in [0.25, 0.3) is 0 Å². The van der Waals surface area contributed by atoms with E-state index in [0.717, 1.165) is 31.7 Å². The van der Waals surface area contributed by atoms with E-state index >= 15 is 0 Å².